The molecule has 0 bridgehead atoms. The van der Waals surface area contributed by atoms with E-state index in [4.69, 9.17) is 11.0 Å². The highest BCUT2D eigenvalue weighted by atomic mass is 16.6. The normalized spacial score (nSPS) is 9.82. The van der Waals surface area contributed by atoms with Crippen LogP contribution in [0, 0.1) is 21.4 Å². The lowest BCUT2D eigenvalue weighted by atomic mass is 10.3. The number of nitrogens with two attached hydrogens (primary N) is 1. The Morgan fingerprint density at radius 2 is 2.35 bits per heavy atom. The number of aromatic nitrogens is 3. The first-order valence-corrected chi connectivity index (χ1v) is 4.48. The van der Waals surface area contributed by atoms with Gasteiger partial charge in [0.25, 0.3) is 0 Å². The molecular weight excluding hydrogens is 224 g/mol. The van der Waals surface area contributed by atoms with E-state index in [-0.39, 0.29) is 22.9 Å². The molecule has 0 aliphatic rings. The summed E-state index contributed by atoms with van der Waals surface area (Å²) < 4.78 is 1.07. The number of rotatable bonds is 2. The molecule has 84 valence electrons. The molecule has 0 aliphatic heterocycles. The van der Waals surface area contributed by atoms with Gasteiger partial charge < -0.3 is 5.73 Å². The summed E-state index contributed by atoms with van der Waals surface area (Å²) in [6.45, 7) is 0. The Bertz CT molecular complexity index is 627. The molecule has 0 unspecified atom stereocenters. The molecule has 0 amide bonds. The second kappa shape index (κ2) is 3.90. The summed E-state index contributed by atoms with van der Waals surface area (Å²) in [6, 6.07) is 4.55. The monoisotopic (exact) mass is 230 g/mol. The average molecular weight is 230 g/mol. The van der Waals surface area contributed by atoms with Crippen LogP contribution in [-0.2, 0) is 0 Å². The Kier molecular flexibility index (Phi) is 2.42. The number of nitro groups is 1. The lowest BCUT2D eigenvalue weighted by molar-refractivity contribution is -0.384. The molecule has 0 aliphatic carbocycles. The standard InChI is InChI=1S/C9H6N6O2/c10-4-6-5-13-14(8(6)11)9-7(15(16)17)2-1-3-12-9/h1-3,5H,11H2. The summed E-state index contributed by atoms with van der Waals surface area (Å²) in [7, 11) is 0. The van der Waals surface area contributed by atoms with Crippen molar-refractivity contribution in [1.82, 2.24) is 14.8 Å². The molecule has 8 nitrogen and oxygen atoms in total. The Hall–Kier alpha value is -2.95. The van der Waals surface area contributed by atoms with Crippen LogP contribution in [0.5, 0.6) is 0 Å². The van der Waals surface area contributed by atoms with Crippen molar-refractivity contribution in [2.24, 2.45) is 0 Å². The quantitative estimate of drug-likeness (QED) is 0.595. The topological polar surface area (TPSA) is 124 Å². The average Bonchev–Trinajstić information content (AvgIpc) is 2.70. The van der Waals surface area contributed by atoms with E-state index in [1.165, 1.54) is 24.5 Å². The summed E-state index contributed by atoms with van der Waals surface area (Å²) in [4.78, 5) is 14.1. The van der Waals surface area contributed by atoms with E-state index in [1.807, 2.05) is 6.07 Å². The molecule has 0 radical (unpaired) electrons. The summed E-state index contributed by atoms with van der Waals surface area (Å²) in [5.41, 5.74) is 5.54. The first kappa shape index (κ1) is 10.6. The first-order valence-electron chi connectivity index (χ1n) is 4.48. The van der Waals surface area contributed by atoms with E-state index >= 15 is 0 Å². The smallest absolute Gasteiger partial charge is 0.313 e. The van der Waals surface area contributed by atoms with Crippen LogP contribution in [0.4, 0.5) is 11.5 Å². The zero-order valence-corrected chi connectivity index (χ0v) is 8.44. The third kappa shape index (κ3) is 1.65. The fourth-order valence-electron chi connectivity index (χ4n) is 1.31. The maximum absolute atomic E-state index is 10.8. The molecule has 0 fully saturated rings. The lowest BCUT2D eigenvalue weighted by Gasteiger charge is -2.02. The molecule has 2 N–H and O–H groups in total. The highest BCUT2D eigenvalue weighted by molar-refractivity contribution is 5.56. The van der Waals surface area contributed by atoms with Gasteiger partial charge in [-0.3, -0.25) is 10.1 Å². The number of hydrogen-bond donors (Lipinski definition) is 1. The molecule has 2 heterocycles. The van der Waals surface area contributed by atoms with Gasteiger partial charge in [-0.15, -0.1) is 0 Å². The largest absolute Gasteiger partial charge is 0.382 e. The van der Waals surface area contributed by atoms with Gasteiger partial charge in [-0.05, 0) is 6.07 Å². The second-order valence-electron chi connectivity index (χ2n) is 3.07. The van der Waals surface area contributed by atoms with Crippen LogP contribution < -0.4 is 5.73 Å². The van der Waals surface area contributed by atoms with Gasteiger partial charge in [0.15, 0.2) is 0 Å². The molecule has 0 atom stereocenters. The minimum Gasteiger partial charge on any atom is -0.382 e. The van der Waals surface area contributed by atoms with Gasteiger partial charge in [0.2, 0.25) is 5.82 Å². The molecule has 0 saturated heterocycles. The third-order valence-corrected chi connectivity index (χ3v) is 2.09. The van der Waals surface area contributed by atoms with Crippen LogP contribution in [-0.4, -0.2) is 19.7 Å². The number of nitriles is 1. The molecule has 17 heavy (non-hydrogen) atoms. The summed E-state index contributed by atoms with van der Waals surface area (Å²) in [5.74, 6) is 0.00537. The van der Waals surface area contributed by atoms with E-state index in [1.54, 1.807) is 0 Å². The number of hydrogen-bond acceptors (Lipinski definition) is 6. The third-order valence-electron chi connectivity index (χ3n) is 2.09. The SMILES string of the molecule is N#Cc1cnn(-c2ncccc2[N+](=O)[O-])c1N. The molecule has 0 spiro atoms. The number of anilines is 1. The van der Waals surface area contributed by atoms with Crippen molar-refractivity contribution in [3.63, 3.8) is 0 Å². The molecule has 0 saturated carbocycles. The van der Waals surface area contributed by atoms with Crippen molar-refractivity contribution in [2.75, 3.05) is 5.73 Å². The predicted molar refractivity (Wildman–Crippen MR) is 57.1 cm³/mol. The fraction of sp³-hybridized carbons (Fsp3) is 0. The van der Waals surface area contributed by atoms with Crippen LogP contribution in [0.1, 0.15) is 5.56 Å². The highest BCUT2D eigenvalue weighted by Crippen LogP contribution is 2.22. The molecular formula is C9H6N6O2. The zero-order chi connectivity index (χ0) is 12.4. The van der Waals surface area contributed by atoms with Crippen molar-refractivity contribution in [3.8, 4) is 11.9 Å². The van der Waals surface area contributed by atoms with Gasteiger partial charge in [-0.2, -0.15) is 15.0 Å². The molecule has 2 aromatic rings. The van der Waals surface area contributed by atoms with Crippen molar-refractivity contribution >= 4 is 11.5 Å². The summed E-state index contributed by atoms with van der Waals surface area (Å²) in [5, 5.41) is 23.3. The van der Waals surface area contributed by atoms with Gasteiger partial charge in [0.05, 0.1) is 11.1 Å². The van der Waals surface area contributed by atoms with Gasteiger partial charge >= 0.3 is 5.69 Å². The van der Waals surface area contributed by atoms with Crippen LogP contribution in [0.2, 0.25) is 0 Å². The van der Waals surface area contributed by atoms with Crippen LogP contribution in [0.3, 0.4) is 0 Å². The van der Waals surface area contributed by atoms with Gasteiger partial charge in [0, 0.05) is 12.3 Å². The van der Waals surface area contributed by atoms with E-state index in [0.717, 1.165) is 4.68 Å². The minimum atomic E-state index is -0.588. The van der Waals surface area contributed by atoms with Gasteiger partial charge in [-0.25, -0.2) is 4.98 Å². The number of nitrogen functional groups attached to an aromatic ring is 1. The first-order chi connectivity index (χ1) is 8.15. The van der Waals surface area contributed by atoms with E-state index < -0.39 is 4.92 Å². The molecule has 2 rings (SSSR count). The van der Waals surface area contributed by atoms with Crippen molar-refractivity contribution in [3.05, 3.63) is 40.2 Å². The van der Waals surface area contributed by atoms with Crippen molar-refractivity contribution < 1.29 is 4.92 Å². The fourth-order valence-corrected chi connectivity index (χ4v) is 1.31. The van der Waals surface area contributed by atoms with Crippen molar-refractivity contribution in [2.45, 2.75) is 0 Å². The summed E-state index contributed by atoms with van der Waals surface area (Å²) >= 11 is 0. The van der Waals surface area contributed by atoms with E-state index in [2.05, 4.69) is 10.1 Å². The maximum atomic E-state index is 10.8. The Morgan fingerprint density at radius 3 is 2.94 bits per heavy atom. The van der Waals surface area contributed by atoms with Gasteiger partial charge in [0.1, 0.15) is 17.5 Å². The van der Waals surface area contributed by atoms with Gasteiger partial charge in [-0.1, -0.05) is 0 Å². The molecule has 8 heteroatoms. The highest BCUT2D eigenvalue weighted by Gasteiger charge is 2.19. The maximum Gasteiger partial charge on any atom is 0.313 e. The van der Waals surface area contributed by atoms with Crippen LogP contribution in [0.25, 0.3) is 5.82 Å². The van der Waals surface area contributed by atoms with Crippen molar-refractivity contribution in [1.29, 1.82) is 5.26 Å². The Labute approximate surface area is 95.1 Å². The van der Waals surface area contributed by atoms with E-state index in [0.29, 0.717) is 0 Å². The van der Waals surface area contributed by atoms with Crippen LogP contribution in [0.15, 0.2) is 24.5 Å². The Balaban J connectivity index is 2.65. The molecule has 0 aromatic carbocycles. The van der Waals surface area contributed by atoms with Crippen LogP contribution >= 0.6 is 0 Å². The number of nitrogens with zero attached hydrogens (tertiary/aromatic N) is 5. The van der Waals surface area contributed by atoms with E-state index in [9.17, 15) is 10.1 Å². The number of pyridine rings is 1. The minimum absolute atomic E-state index is 0.0171. The lowest BCUT2D eigenvalue weighted by Crippen LogP contribution is -2.07. The second-order valence-corrected chi connectivity index (χ2v) is 3.07. The molecule has 2 aromatic heterocycles. The Morgan fingerprint density at radius 1 is 1.59 bits per heavy atom. The summed E-state index contributed by atoms with van der Waals surface area (Å²) in [6.07, 6.45) is 2.61. The predicted octanol–water partition coefficient (Wildman–Crippen LogP) is 0.629. The zero-order valence-electron chi connectivity index (χ0n) is 8.44.